The minimum Gasteiger partial charge on any atom is -0.462 e. The van der Waals surface area contributed by atoms with E-state index in [1.807, 2.05) is 43.3 Å². The molecule has 2 amide bonds. The van der Waals surface area contributed by atoms with Crippen LogP contribution >= 0.6 is 0 Å². The van der Waals surface area contributed by atoms with Gasteiger partial charge in [0.15, 0.2) is 0 Å². The molecular weight excluding hydrogens is 444 g/mol. The summed E-state index contributed by atoms with van der Waals surface area (Å²) in [4.78, 5) is 35.8. The number of carbonyl (C=O) groups is 2. The number of anilines is 3. The number of hydrogen-bond donors (Lipinski definition) is 3. The predicted octanol–water partition coefficient (Wildman–Crippen LogP) is 4.42. The van der Waals surface area contributed by atoms with Crippen LogP contribution in [0.5, 0.6) is 0 Å². The van der Waals surface area contributed by atoms with Crippen LogP contribution in [0.4, 0.5) is 22.2 Å². The fraction of sp³-hybridized carbons (Fsp3) is 0.385. The van der Waals surface area contributed by atoms with Crippen molar-refractivity contribution in [2.24, 2.45) is 0 Å². The Balaban J connectivity index is 1.30. The number of carbonyl (C=O) groups excluding carboxylic acids is 2. The van der Waals surface area contributed by atoms with Crippen LogP contribution in [0.3, 0.4) is 0 Å². The lowest BCUT2D eigenvalue weighted by molar-refractivity contribution is 0.0526. The molecule has 3 aromatic rings. The standard InChI is InChI=1S/C26H32N6O3/c1-4-35-24(33)17-8-7-9-20(16-17)29-26(34)28-19-14-12-18(13-15-19)27-25-30-22-11-6-5-10-21(22)23(31-25)32(2)3/h5-11,16,18-19H,4,12-15H2,1-3H3,(H,27,30,31)(H2,28,29,34). The van der Waals surface area contributed by atoms with E-state index in [9.17, 15) is 9.59 Å². The summed E-state index contributed by atoms with van der Waals surface area (Å²) in [6.07, 6.45) is 3.50. The largest absolute Gasteiger partial charge is 0.462 e. The summed E-state index contributed by atoms with van der Waals surface area (Å²) in [5, 5.41) is 10.4. The normalized spacial score (nSPS) is 17.5. The number of aromatic nitrogens is 2. The number of urea groups is 1. The molecule has 0 atom stereocenters. The number of fused-ring (bicyclic) bond motifs is 1. The third-order valence-corrected chi connectivity index (χ3v) is 6.03. The lowest BCUT2D eigenvalue weighted by atomic mass is 9.91. The first kappa shape index (κ1) is 24.3. The minimum absolute atomic E-state index is 0.0798. The van der Waals surface area contributed by atoms with E-state index in [1.54, 1.807) is 31.2 Å². The smallest absolute Gasteiger partial charge is 0.338 e. The van der Waals surface area contributed by atoms with Gasteiger partial charge in [0, 0.05) is 37.3 Å². The van der Waals surface area contributed by atoms with E-state index in [-0.39, 0.29) is 18.1 Å². The summed E-state index contributed by atoms with van der Waals surface area (Å²) >= 11 is 0. The zero-order valence-corrected chi connectivity index (χ0v) is 20.4. The van der Waals surface area contributed by atoms with Gasteiger partial charge in [0.25, 0.3) is 0 Å². The maximum Gasteiger partial charge on any atom is 0.338 e. The molecule has 0 bridgehead atoms. The van der Waals surface area contributed by atoms with Crippen LogP contribution in [0.15, 0.2) is 48.5 Å². The van der Waals surface area contributed by atoms with Crippen molar-refractivity contribution in [2.45, 2.75) is 44.7 Å². The van der Waals surface area contributed by atoms with E-state index < -0.39 is 5.97 Å². The number of esters is 1. The Morgan fingerprint density at radius 2 is 1.74 bits per heavy atom. The van der Waals surface area contributed by atoms with Crippen LogP contribution < -0.4 is 20.9 Å². The summed E-state index contributed by atoms with van der Waals surface area (Å²) in [7, 11) is 3.96. The summed E-state index contributed by atoms with van der Waals surface area (Å²) < 4.78 is 5.02. The third kappa shape index (κ3) is 6.17. The van der Waals surface area contributed by atoms with Gasteiger partial charge in [-0.25, -0.2) is 14.6 Å². The van der Waals surface area contributed by atoms with Gasteiger partial charge in [-0.1, -0.05) is 18.2 Å². The van der Waals surface area contributed by atoms with Crippen molar-refractivity contribution in [3.63, 3.8) is 0 Å². The third-order valence-electron chi connectivity index (χ3n) is 6.03. The highest BCUT2D eigenvalue weighted by atomic mass is 16.5. The molecule has 35 heavy (non-hydrogen) atoms. The Hall–Kier alpha value is -3.88. The monoisotopic (exact) mass is 476 g/mol. The molecule has 1 aliphatic carbocycles. The number of benzene rings is 2. The molecule has 0 aliphatic heterocycles. The van der Waals surface area contributed by atoms with E-state index in [4.69, 9.17) is 14.7 Å². The minimum atomic E-state index is -0.407. The van der Waals surface area contributed by atoms with Crippen molar-refractivity contribution in [1.29, 1.82) is 0 Å². The quantitative estimate of drug-likeness (QED) is 0.433. The van der Waals surface area contributed by atoms with Gasteiger partial charge < -0.3 is 25.6 Å². The first-order chi connectivity index (χ1) is 16.9. The zero-order valence-electron chi connectivity index (χ0n) is 20.4. The van der Waals surface area contributed by atoms with E-state index in [1.165, 1.54) is 0 Å². The van der Waals surface area contributed by atoms with Crippen LogP contribution in [0, 0.1) is 0 Å². The van der Waals surface area contributed by atoms with Gasteiger partial charge in [0.2, 0.25) is 5.95 Å². The van der Waals surface area contributed by atoms with Crippen molar-refractivity contribution in [2.75, 3.05) is 36.2 Å². The Morgan fingerprint density at radius 3 is 2.49 bits per heavy atom. The molecule has 0 spiro atoms. The number of hydrogen-bond acceptors (Lipinski definition) is 7. The maximum absolute atomic E-state index is 12.5. The van der Waals surface area contributed by atoms with Crippen LogP contribution in [0.25, 0.3) is 10.9 Å². The van der Waals surface area contributed by atoms with Crippen molar-refractivity contribution in [1.82, 2.24) is 15.3 Å². The van der Waals surface area contributed by atoms with Gasteiger partial charge in [0.05, 0.1) is 17.7 Å². The SMILES string of the molecule is CCOC(=O)c1cccc(NC(=O)NC2CCC(Nc3nc(N(C)C)c4ccccc4n3)CC2)c1. The molecule has 1 aromatic heterocycles. The molecule has 2 aromatic carbocycles. The summed E-state index contributed by atoms with van der Waals surface area (Å²) in [5.41, 5.74) is 1.87. The molecule has 3 N–H and O–H groups in total. The van der Waals surface area contributed by atoms with Crippen LogP contribution in [-0.2, 0) is 4.74 Å². The van der Waals surface area contributed by atoms with Crippen molar-refractivity contribution < 1.29 is 14.3 Å². The number of amides is 2. The molecule has 184 valence electrons. The fourth-order valence-electron chi connectivity index (χ4n) is 4.32. The Kier molecular flexibility index (Phi) is 7.64. The Labute approximate surface area is 205 Å². The van der Waals surface area contributed by atoms with Crippen molar-refractivity contribution >= 4 is 40.4 Å². The highest BCUT2D eigenvalue weighted by molar-refractivity contribution is 5.94. The highest BCUT2D eigenvalue weighted by Crippen LogP contribution is 2.26. The molecule has 4 rings (SSSR count). The van der Waals surface area contributed by atoms with Crippen LogP contribution in [0.2, 0.25) is 0 Å². The summed E-state index contributed by atoms with van der Waals surface area (Å²) in [6.45, 7) is 2.06. The molecule has 0 radical (unpaired) electrons. The average Bonchev–Trinajstić information content (AvgIpc) is 2.85. The van der Waals surface area contributed by atoms with Gasteiger partial charge in [-0.3, -0.25) is 0 Å². The lowest BCUT2D eigenvalue weighted by Gasteiger charge is -2.30. The molecule has 9 nitrogen and oxygen atoms in total. The fourth-order valence-corrected chi connectivity index (χ4v) is 4.32. The van der Waals surface area contributed by atoms with Gasteiger partial charge in [-0.2, -0.15) is 4.98 Å². The number of rotatable bonds is 7. The number of nitrogens with one attached hydrogen (secondary N) is 3. The van der Waals surface area contributed by atoms with E-state index in [0.29, 0.717) is 23.8 Å². The average molecular weight is 477 g/mol. The molecule has 0 unspecified atom stereocenters. The first-order valence-corrected chi connectivity index (χ1v) is 12.0. The lowest BCUT2D eigenvalue weighted by Crippen LogP contribution is -2.42. The number of nitrogens with zero attached hydrogens (tertiary/aromatic N) is 3. The predicted molar refractivity (Wildman–Crippen MR) is 138 cm³/mol. The zero-order chi connectivity index (χ0) is 24.8. The van der Waals surface area contributed by atoms with Gasteiger partial charge in [-0.15, -0.1) is 0 Å². The van der Waals surface area contributed by atoms with E-state index in [0.717, 1.165) is 42.4 Å². The molecule has 1 heterocycles. The first-order valence-electron chi connectivity index (χ1n) is 12.0. The Bertz CT molecular complexity index is 1190. The van der Waals surface area contributed by atoms with Crippen LogP contribution in [0.1, 0.15) is 43.0 Å². The summed E-state index contributed by atoms with van der Waals surface area (Å²) in [6, 6.07) is 14.8. The molecule has 1 saturated carbocycles. The van der Waals surface area contributed by atoms with E-state index in [2.05, 4.69) is 16.0 Å². The molecule has 9 heteroatoms. The molecule has 0 saturated heterocycles. The second kappa shape index (κ2) is 11.0. The maximum atomic E-state index is 12.5. The van der Waals surface area contributed by atoms with Crippen molar-refractivity contribution in [3.05, 3.63) is 54.1 Å². The van der Waals surface area contributed by atoms with E-state index >= 15 is 0 Å². The molecule has 1 aliphatic rings. The number of para-hydroxylation sites is 1. The van der Waals surface area contributed by atoms with Crippen LogP contribution in [-0.4, -0.2) is 54.8 Å². The highest BCUT2D eigenvalue weighted by Gasteiger charge is 2.23. The number of ether oxygens (including phenoxy) is 1. The second-order valence-electron chi connectivity index (χ2n) is 8.88. The molecule has 1 fully saturated rings. The molecular formula is C26H32N6O3. The van der Waals surface area contributed by atoms with Crippen molar-refractivity contribution in [3.8, 4) is 0 Å². The van der Waals surface area contributed by atoms with Gasteiger partial charge in [-0.05, 0) is 62.9 Å². The second-order valence-corrected chi connectivity index (χ2v) is 8.88. The summed E-state index contributed by atoms with van der Waals surface area (Å²) in [5.74, 6) is 1.11. The van der Waals surface area contributed by atoms with Gasteiger partial charge >= 0.3 is 12.0 Å². The van der Waals surface area contributed by atoms with Gasteiger partial charge in [0.1, 0.15) is 5.82 Å². The Morgan fingerprint density at radius 1 is 1.00 bits per heavy atom. The topological polar surface area (TPSA) is 108 Å².